The van der Waals surface area contributed by atoms with Gasteiger partial charge >= 0.3 is 0 Å². The summed E-state index contributed by atoms with van der Waals surface area (Å²) in [4.78, 5) is 12.2. The highest BCUT2D eigenvalue weighted by Crippen LogP contribution is 2.09. The zero-order valence-electron chi connectivity index (χ0n) is 6.38. The van der Waals surface area contributed by atoms with Crippen molar-refractivity contribution in [1.29, 1.82) is 0 Å². The molecular weight excluding hydrogens is 150 g/mol. The molecule has 0 saturated heterocycles. The number of rotatable bonds is 1. The molecule has 2 aromatic rings. The molecule has 0 unspecified atom stereocenters. The van der Waals surface area contributed by atoms with E-state index in [1.807, 2.05) is 18.2 Å². The van der Waals surface area contributed by atoms with Crippen LogP contribution in [0, 0.1) is 0 Å². The third-order valence-corrected chi connectivity index (χ3v) is 1.49. The van der Waals surface area contributed by atoms with Gasteiger partial charge in [-0.05, 0) is 12.1 Å². The maximum atomic E-state index is 4.15. The number of hydrogen-bond donors (Lipinski definition) is 0. The quantitative estimate of drug-likeness (QED) is 0.630. The summed E-state index contributed by atoms with van der Waals surface area (Å²) in [5.74, 6) is 0. The Labute approximate surface area is 70.1 Å². The average Bonchev–Trinajstić information content (AvgIpc) is 2.21. The first kappa shape index (κ1) is 6.91. The molecule has 0 fully saturated rings. The Morgan fingerprint density at radius 1 is 0.833 bits per heavy atom. The first-order valence-corrected chi connectivity index (χ1v) is 3.64. The van der Waals surface area contributed by atoms with Gasteiger partial charge in [0.15, 0.2) is 0 Å². The molecule has 0 saturated carbocycles. The van der Waals surface area contributed by atoms with E-state index in [0.29, 0.717) is 0 Å². The van der Waals surface area contributed by atoms with Gasteiger partial charge in [-0.1, -0.05) is 6.07 Å². The molecule has 3 nitrogen and oxygen atoms in total. The maximum Gasteiger partial charge on any atom is 0.107 e. The second kappa shape index (κ2) is 3.09. The Balaban J connectivity index is 2.46. The molecule has 3 heteroatoms. The van der Waals surface area contributed by atoms with E-state index in [-0.39, 0.29) is 0 Å². The molecule has 0 aliphatic carbocycles. The Morgan fingerprint density at radius 2 is 1.75 bits per heavy atom. The van der Waals surface area contributed by atoms with Gasteiger partial charge in [0.2, 0.25) is 0 Å². The van der Waals surface area contributed by atoms with Crippen LogP contribution in [0.1, 0.15) is 0 Å². The van der Waals surface area contributed by atoms with Crippen molar-refractivity contribution in [3.63, 3.8) is 0 Å². The number of aromatic nitrogens is 3. The van der Waals surface area contributed by atoms with Gasteiger partial charge in [0.25, 0.3) is 0 Å². The Morgan fingerprint density at radius 3 is 2.42 bits per heavy atom. The number of pyridine rings is 1. The van der Waals surface area contributed by atoms with Crippen molar-refractivity contribution in [3.8, 4) is 11.4 Å². The van der Waals surface area contributed by atoms with E-state index in [4.69, 9.17) is 0 Å². The van der Waals surface area contributed by atoms with Crippen molar-refractivity contribution in [2.45, 2.75) is 0 Å². The van der Waals surface area contributed by atoms with Crippen LogP contribution in [0.5, 0.6) is 0 Å². The summed E-state index contributed by atoms with van der Waals surface area (Å²) in [6, 6.07) is 5.71. The maximum absolute atomic E-state index is 4.15. The molecule has 0 atom stereocenters. The van der Waals surface area contributed by atoms with E-state index in [1.54, 1.807) is 24.8 Å². The van der Waals surface area contributed by atoms with Gasteiger partial charge in [-0.25, -0.2) is 0 Å². The second-order valence-electron chi connectivity index (χ2n) is 2.31. The highest BCUT2D eigenvalue weighted by atomic mass is 14.8. The molecule has 0 aliphatic rings. The molecular formula is C9H7N3. The first-order valence-electron chi connectivity index (χ1n) is 3.64. The van der Waals surface area contributed by atoms with Gasteiger partial charge in [-0.3, -0.25) is 15.0 Å². The zero-order valence-corrected chi connectivity index (χ0v) is 6.38. The van der Waals surface area contributed by atoms with Crippen molar-refractivity contribution in [2.24, 2.45) is 0 Å². The van der Waals surface area contributed by atoms with Crippen molar-refractivity contribution >= 4 is 0 Å². The van der Waals surface area contributed by atoms with Crippen molar-refractivity contribution < 1.29 is 0 Å². The fourth-order valence-electron chi connectivity index (χ4n) is 0.946. The first-order chi connectivity index (χ1) is 5.97. The van der Waals surface area contributed by atoms with Gasteiger partial charge in [0.05, 0.1) is 11.9 Å². The summed E-state index contributed by atoms with van der Waals surface area (Å²) in [5.41, 5.74) is 1.66. The van der Waals surface area contributed by atoms with Crippen LogP contribution in [0.15, 0.2) is 43.0 Å². The van der Waals surface area contributed by atoms with Gasteiger partial charge in [0.1, 0.15) is 5.69 Å². The number of hydrogen-bond acceptors (Lipinski definition) is 3. The predicted octanol–water partition coefficient (Wildman–Crippen LogP) is 1.54. The number of nitrogens with zero attached hydrogens (tertiary/aromatic N) is 3. The molecule has 2 rings (SSSR count). The lowest BCUT2D eigenvalue weighted by Crippen LogP contribution is -1.85. The summed E-state index contributed by atoms with van der Waals surface area (Å²) in [6.45, 7) is 0. The lowest BCUT2D eigenvalue weighted by atomic mass is 10.3. The summed E-state index contributed by atoms with van der Waals surface area (Å²) in [5, 5.41) is 0. The SMILES string of the molecule is c1ccc(-c2cnccn2)nc1. The van der Waals surface area contributed by atoms with E-state index in [0.717, 1.165) is 11.4 Å². The normalized spacial score (nSPS) is 9.67. The topological polar surface area (TPSA) is 38.7 Å². The molecule has 0 spiro atoms. The standard InChI is InChI=1S/C9H7N3/c1-2-4-11-8(3-1)9-7-10-5-6-12-9/h1-7H. The van der Waals surface area contributed by atoms with Crippen LogP contribution in [-0.2, 0) is 0 Å². The van der Waals surface area contributed by atoms with E-state index >= 15 is 0 Å². The van der Waals surface area contributed by atoms with Gasteiger partial charge in [-0.2, -0.15) is 0 Å². The zero-order chi connectivity index (χ0) is 8.23. The summed E-state index contributed by atoms with van der Waals surface area (Å²) in [6.07, 6.45) is 6.74. The molecule has 0 bridgehead atoms. The Kier molecular flexibility index (Phi) is 1.78. The van der Waals surface area contributed by atoms with E-state index in [1.165, 1.54) is 0 Å². The predicted molar refractivity (Wildman–Crippen MR) is 45.3 cm³/mol. The Hall–Kier alpha value is -1.77. The highest BCUT2D eigenvalue weighted by Gasteiger charge is 1.96. The lowest BCUT2D eigenvalue weighted by Gasteiger charge is -1.95. The van der Waals surface area contributed by atoms with E-state index in [9.17, 15) is 0 Å². The van der Waals surface area contributed by atoms with Crippen molar-refractivity contribution in [2.75, 3.05) is 0 Å². The van der Waals surface area contributed by atoms with E-state index < -0.39 is 0 Å². The van der Waals surface area contributed by atoms with Crippen LogP contribution in [-0.4, -0.2) is 15.0 Å². The van der Waals surface area contributed by atoms with Crippen LogP contribution >= 0.6 is 0 Å². The van der Waals surface area contributed by atoms with E-state index in [2.05, 4.69) is 15.0 Å². The van der Waals surface area contributed by atoms with Gasteiger partial charge in [-0.15, -0.1) is 0 Å². The molecule has 0 aliphatic heterocycles. The molecule has 0 aromatic carbocycles. The minimum atomic E-state index is 0.804. The van der Waals surface area contributed by atoms with Crippen LogP contribution < -0.4 is 0 Å². The summed E-state index contributed by atoms with van der Waals surface area (Å²) in [7, 11) is 0. The summed E-state index contributed by atoms with van der Waals surface area (Å²) >= 11 is 0. The molecule has 2 aromatic heterocycles. The largest absolute Gasteiger partial charge is 0.261 e. The summed E-state index contributed by atoms with van der Waals surface area (Å²) < 4.78 is 0. The molecule has 0 N–H and O–H groups in total. The Bertz CT molecular complexity index is 307. The van der Waals surface area contributed by atoms with Crippen LogP contribution in [0.4, 0.5) is 0 Å². The van der Waals surface area contributed by atoms with Crippen LogP contribution in [0.2, 0.25) is 0 Å². The lowest BCUT2D eigenvalue weighted by molar-refractivity contribution is 1.18. The van der Waals surface area contributed by atoms with Gasteiger partial charge in [0, 0.05) is 18.6 Å². The van der Waals surface area contributed by atoms with Crippen molar-refractivity contribution in [3.05, 3.63) is 43.0 Å². The molecule has 2 heterocycles. The minimum absolute atomic E-state index is 0.804. The van der Waals surface area contributed by atoms with Gasteiger partial charge < -0.3 is 0 Å². The average molecular weight is 157 g/mol. The fourth-order valence-corrected chi connectivity index (χ4v) is 0.946. The third kappa shape index (κ3) is 1.29. The smallest absolute Gasteiger partial charge is 0.107 e. The second-order valence-corrected chi connectivity index (χ2v) is 2.31. The van der Waals surface area contributed by atoms with Crippen LogP contribution in [0.3, 0.4) is 0 Å². The van der Waals surface area contributed by atoms with Crippen molar-refractivity contribution in [1.82, 2.24) is 15.0 Å². The molecule has 12 heavy (non-hydrogen) atoms. The monoisotopic (exact) mass is 157 g/mol. The highest BCUT2D eigenvalue weighted by molar-refractivity contribution is 5.51. The molecule has 0 amide bonds. The minimum Gasteiger partial charge on any atom is -0.261 e. The van der Waals surface area contributed by atoms with Crippen LogP contribution in [0.25, 0.3) is 11.4 Å². The third-order valence-electron chi connectivity index (χ3n) is 1.49. The molecule has 0 radical (unpaired) electrons. The molecule has 58 valence electrons. The fraction of sp³-hybridized carbons (Fsp3) is 0.